The molecule has 16 heavy (non-hydrogen) atoms. The van der Waals surface area contributed by atoms with Crippen molar-refractivity contribution < 1.29 is 14.3 Å². The lowest BCUT2D eigenvalue weighted by Gasteiger charge is -2.11. The summed E-state index contributed by atoms with van der Waals surface area (Å²) in [5.74, 6) is -0.118. The Morgan fingerprint density at radius 1 is 1.38 bits per heavy atom. The van der Waals surface area contributed by atoms with Crippen LogP contribution in [0.5, 0.6) is 0 Å². The van der Waals surface area contributed by atoms with Crippen LogP contribution in [-0.4, -0.2) is 45.4 Å². The maximum atomic E-state index is 11.4. The van der Waals surface area contributed by atoms with Gasteiger partial charge in [-0.05, 0) is 19.3 Å². The van der Waals surface area contributed by atoms with Crippen molar-refractivity contribution in [2.45, 2.75) is 32.2 Å². The van der Waals surface area contributed by atoms with Crippen LogP contribution in [0.4, 0.5) is 0 Å². The molecule has 3 N–H and O–H groups in total. The summed E-state index contributed by atoms with van der Waals surface area (Å²) in [7, 11) is 1.59. The lowest BCUT2D eigenvalue weighted by Crippen LogP contribution is -2.41. The van der Waals surface area contributed by atoms with Crippen molar-refractivity contribution in [3.63, 3.8) is 0 Å². The largest absolute Gasteiger partial charge is 0.385 e. The Morgan fingerprint density at radius 2 is 2.12 bits per heavy atom. The molecule has 5 nitrogen and oxygen atoms in total. The fourth-order valence-corrected chi connectivity index (χ4v) is 1.14. The van der Waals surface area contributed by atoms with E-state index in [2.05, 4.69) is 12.2 Å². The van der Waals surface area contributed by atoms with Crippen molar-refractivity contribution in [2.24, 2.45) is 5.73 Å². The Hall–Kier alpha value is -0.650. The first kappa shape index (κ1) is 15.3. The number of nitrogens with one attached hydrogen (secondary N) is 1. The highest BCUT2D eigenvalue weighted by atomic mass is 16.5. The molecule has 1 unspecified atom stereocenters. The predicted octanol–water partition coefficient (Wildman–Crippen LogP) is 0.283. The van der Waals surface area contributed by atoms with Gasteiger partial charge in [0.25, 0.3) is 0 Å². The molecule has 0 bridgehead atoms. The standard InChI is InChI=1S/C11H24N2O3/c1-3-7-16-8-4-6-13-11(14)10(12)5-9-15-2/h10H,3-9,12H2,1-2H3,(H,13,14). The van der Waals surface area contributed by atoms with Crippen LogP contribution in [0, 0.1) is 0 Å². The van der Waals surface area contributed by atoms with Crippen LogP contribution in [0.1, 0.15) is 26.2 Å². The predicted molar refractivity (Wildman–Crippen MR) is 63.2 cm³/mol. The minimum absolute atomic E-state index is 0.118. The molecule has 0 rings (SSSR count). The molecule has 0 fully saturated rings. The van der Waals surface area contributed by atoms with Crippen LogP contribution in [0.25, 0.3) is 0 Å². The summed E-state index contributed by atoms with van der Waals surface area (Å²) in [5, 5.41) is 2.77. The Kier molecular flexibility index (Phi) is 10.4. The number of rotatable bonds is 10. The van der Waals surface area contributed by atoms with Gasteiger partial charge in [-0.25, -0.2) is 0 Å². The second kappa shape index (κ2) is 10.9. The van der Waals surface area contributed by atoms with Gasteiger partial charge in [0.05, 0.1) is 6.04 Å². The molecule has 0 aromatic rings. The second-order valence-electron chi connectivity index (χ2n) is 3.64. The maximum absolute atomic E-state index is 11.4. The molecular formula is C11H24N2O3. The zero-order valence-corrected chi connectivity index (χ0v) is 10.3. The fourth-order valence-electron chi connectivity index (χ4n) is 1.14. The highest BCUT2D eigenvalue weighted by molar-refractivity contribution is 5.81. The number of nitrogens with two attached hydrogens (primary N) is 1. The van der Waals surface area contributed by atoms with Gasteiger partial charge in [-0.3, -0.25) is 4.79 Å². The van der Waals surface area contributed by atoms with E-state index in [-0.39, 0.29) is 5.91 Å². The van der Waals surface area contributed by atoms with E-state index in [4.69, 9.17) is 15.2 Å². The van der Waals surface area contributed by atoms with Crippen molar-refractivity contribution >= 4 is 5.91 Å². The molecule has 0 radical (unpaired) electrons. The lowest BCUT2D eigenvalue weighted by molar-refractivity contribution is -0.122. The SMILES string of the molecule is CCCOCCCNC(=O)C(N)CCOC. The van der Waals surface area contributed by atoms with Gasteiger partial charge < -0.3 is 20.5 Å². The summed E-state index contributed by atoms with van der Waals surface area (Å²) in [6.07, 6.45) is 2.39. The van der Waals surface area contributed by atoms with E-state index in [1.807, 2.05) is 0 Å². The third-order valence-electron chi connectivity index (χ3n) is 2.08. The molecule has 0 saturated carbocycles. The van der Waals surface area contributed by atoms with E-state index in [0.717, 1.165) is 19.4 Å². The van der Waals surface area contributed by atoms with Crippen molar-refractivity contribution in [3.8, 4) is 0 Å². The molecule has 5 heteroatoms. The Balaban J connectivity index is 3.35. The third kappa shape index (κ3) is 8.64. The molecule has 0 aliphatic carbocycles. The summed E-state index contributed by atoms with van der Waals surface area (Å²) in [6.45, 7) is 4.65. The van der Waals surface area contributed by atoms with Gasteiger partial charge in [-0.15, -0.1) is 0 Å². The molecule has 0 aromatic carbocycles. The first-order chi connectivity index (χ1) is 7.72. The van der Waals surface area contributed by atoms with Crippen molar-refractivity contribution in [3.05, 3.63) is 0 Å². The zero-order valence-electron chi connectivity index (χ0n) is 10.3. The quantitative estimate of drug-likeness (QED) is 0.531. The normalized spacial score (nSPS) is 12.4. The van der Waals surface area contributed by atoms with Gasteiger partial charge in [0, 0.05) is 33.5 Å². The smallest absolute Gasteiger partial charge is 0.237 e. The molecule has 0 aliphatic rings. The number of methoxy groups -OCH3 is 1. The number of hydrogen-bond acceptors (Lipinski definition) is 4. The molecule has 96 valence electrons. The minimum atomic E-state index is -0.475. The van der Waals surface area contributed by atoms with Gasteiger partial charge in [-0.1, -0.05) is 6.92 Å². The van der Waals surface area contributed by atoms with Gasteiger partial charge >= 0.3 is 0 Å². The summed E-state index contributed by atoms with van der Waals surface area (Å²) < 4.78 is 10.1. The topological polar surface area (TPSA) is 73.6 Å². The highest BCUT2D eigenvalue weighted by Gasteiger charge is 2.11. The number of amides is 1. The van der Waals surface area contributed by atoms with Crippen LogP contribution in [0.2, 0.25) is 0 Å². The average Bonchev–Trinajstić information content (AvgIpc) is 2.30. The van der Waals surface area contributed by atoms with Gasteiger partial charge in [0.1, 0.15) is 0 Å². The molecule has 0 aromatic heterocycles. The lowest BCUT2D eigenvalue weighted by atomic mass is 10.2. The summed E-state index contributed by atoms with van der Waals surface area (Å²) in [4.78, 5) is 11.4. The molecule has 0 heterocycles. The third-order valence-corrected chi connectivity index (χ3v) is 2.08. The zero-order chi connectivity index (χ0) is 12.2. The van der Waals surface area contributed by atoms with E-state index in [0.29, 0.717) is 26.2 Å². The van der Waals surface area contributed by atoms with Crippen LogP contribution < -0.4 is 11.1 Å². The fraction of sp³-hybridized carbons (Fsp3) is 0.909. The van der Waals surface area contributed by atoms with E-state index >= 15 is 0 Å². The first-order valence-corrected chi connectivity index (χ1v) is 5.82. The molecule has 1 amide bonds. The number of carbonyl (C=O) groups is 1. The average molecular weight is 232 g/mol. The van der Waals surface area contributed by atoms with Gasteiger partial charge in [0.15, 0.2) is 0 Å². The molecule has 0 spiro atoms. The van der Waals surface area contributed by atoms with Crippen LogP contribution in [-0.2, 0) is 14.3 Å². The molecular weight excluding hydrogens is 208 g/mol. The summed E-state index contributed by atoms with van der Waals surface area (Å²) >= 11 is 0. The van der Waals surface area contributed by atoms with Gasteiger partial charge in [-0.2, -0.15) is 0 Å². The monoisotopic (exact) mass is 232 g/mol. The maximum Gasteiger partial charge on any atom is 0.237 e. The second-order valence-corrected chi connectivity index (χ2v) is 3.64. The van der Waals surface area contributed by atoms with Crippen molar-refractivity contribution in [1.82, 2.24) is 5.32 Å². The molecule has 0 saturated heterocycles. The number of ether oxygens (including phenoxy) is 2. The molecule has 1 atom stereocenters. The van der Waals surface area contributed by atoms with Crippen molar-refractivity contribution in [2.75, 3.05) is 33.5 Å². The van der Waals surface area contributed by atoms with Gasteiger partial charge in [0.2, 0.25) is 5.91 Å². The highest BCUT2D eigenvalue weighted by Crippen LogP contribution is 1.89. The molecule has 0 aliphatic heterocycles. The van der Waals surface area contributed by atoms with Crippen LogP contribution >= 0.6 is 0 Å². The van der Waals surface area contributed by atoms with Crippen molar-refractivity contribution in [1.29, 1.82) is 0 Å². The van der Waals surface area contributed by atoms with E-state index in [1.165, 1.54) is 0 Å². The number of hydrogen-bond donors (Lipinski definition) is 2. The first-order valence-electron chi connectivity index (χ1n) is 5.82. The van der Waals surface area contributed by atoms with E-state index < -0.39 is 6.04 Å². The Bertz CT molecular complexity index is 177. The van der Waals surface area contributed by atoms with E-state index in [9.17, 15) is 4.79 Å². The Morgan fingerprint density at radius 3 is 2.75 bits per heavy atom. The summed E-state index contributed by atoms with van der Waals surface area (Å²) in [6, 6.07) is -0.475. The van der Waals surface area contributed by atoms with Crippen LogP contribution in [0.3, 0.4) is 0 Å². The number of carbonyl (C=O) groups excluding carboxylic acids is 1. The Labute approximate surface area is 97.7 Å². The van der Waals surface area contributed by atoms with E-state index in [1.54, 1.807) is 7.11 Å². The summed E-state index contributed by atoms with van der Waals surface area (Å²) in [5.41, 5.74) is 5.64. The van der Waals surface area contributed by atoms with Crippen LogP contribution in [0.15, 0.2) is 0 Å². The minimum Gasteiger partial charge on any atom is -0.385 e.